The third-order valence-electron chi connectivity index (χ3n) is 5.07. The van der Waals surface area contributed by atoms with Crippen LogP contribution in [0.3, 0.4) is 0 Å². The number of nitrogens with one attached hydrogen (secondary N) is 1. The molecule has 6 nitrogen and oxygen atoms in total. The maximum Gasteiger partial charge on any atom is 0.193 e. The van der Waals surface area contributed by atoms with Crippen LogP contribution in [0.2, 0.25) is 0 Å². The minimum absolute atomic E-state index is 0.813. The molecule has 0 aromatic rings. The summed E-state index contributed by atoms with van der Waals surface area (Å²) >= 11 is 0. The summed E-state index contributed by atoms with van der Waals surface area (Å²) in [6, 6.07) is 0. The summed E-state index contributed by atoms with van der Waals surface area (Å²) in [5.41, 5.74) is 0. The highest BCUT2D eigenvalue weighted by Crippen LogP contribution is 2.18. The third kappa shape index (κ3) is 7.36. The Morgan fingerprint density at radius 2 is 1.83 bits per heavy atom. The van der Waals surface area contributed by atoms with Gasteiger partial charge in [0, 0.05) is 53.5 Å². The Balaban J connectivity index is 1.53. The molecule has 6 heteroatoms. The van der Waals surface area contributed by atoms with Gasteiger partial charge in [0.15, 0.2) is 5.96 Å². The molecule has 0 unspecified atom stereocenters. The molecule has 1 N–H and O–H groups in total. The number of aliphatic imine (C=N–C) groups is 1. The highest BCUT2D eigenvalue weighted by molar-refractivity contribution is 5.79. The summed E-state index contributed by atoms with van der Waals surface area (Å²) < 4.78 is 10.8. The van der Waals surface area contributed by atoms with Crippen LogP contribution in [0.1, 0.15) is 32.1 Å². The van der Waals surface area contributed by atoms with Gasteiger partial charge in [-0.15, -0.1) is 0 Å². The first-order valence-electron chi connectivity index (χ1n) is 9.59. The molecule has 0 bridgehead atoms. The van der Waals surface area contributed by atoms with E-state index in [1.807, 2.05) is 7.05 Å². The zero-order valence-corrected chi connectivity index (χ0v) is 15.6. The number of rotatable bonds is 8. The lowest BCUT2D eigenvalue weighted by Gasteiger charge is -2.27. The minimum Gasteiger partial charge on any atom is -0.381 e. The summed E-state index contributed by atoms with van der Waals surface area (Å²) in [5, 5.41) is 3.50. The highest BCUT2D eigenvalue weighted by Gasteiger charge is 2.15. The van der Waals surface area contributed by atoms with Crippen LogP contribution in [0, 0.1) is 5.92 Å². The van der Waals surface area contributed by atoms with E-state index in [0.717, 1.165) is 64.5 Å². The Morgan fingerprint density at radius 3 is 2.54 bits per heavy atom. The third-order valence-corrected chi connectivity index (χ3v) is 5.07. The summed E-state index contributed by atoms with van der Waals surface area (Å²) in [7, 11) is 4.02. The van der Waals surface area contributed by atoms with Crippen molar-refractivity contribution in [2.24, 2.45) is 10.9 Å². The maximum atomic E-state index is 5.43. The molecule has 0 atom stereocenters. The van der Waals surface area contributed by atoms with Gasteiger partial charge in [-0.3, -0.25) is 9.89 Å². The van der Waals surface area contributed by atoms with Crippen molar-refractivity contribution in [2.45, 2.75) is 32.1 Å². The number of nitrogens with zero attached hydrogens (tertiary/aromatic N) is 3. The van der Waals surface area contributed by atoms with Crippen LogP contribution in [0.25, 0.3) is 0 Å². The zero-order chi connectivity index (χ0) is 17.0. The Hall–Kier alpha value is -0.850. The van der Waals surface area contributed by atoms with E-state index in [-0.39, 0.29) is 0 Å². The fourth-order valence-electron chi connectivity index (χ4n) is 3.39. The van der Waals surface area contributed by atoms with Gasteiger partial charge in [0.1, 0.15) is 0 Å². The van der Waals surface area contributed by atoms with E-state index in [0.29, 0.717) is 0 Å². The van der Waals surface area contributed by atoms with Crippen LogP contribution in [0.4, 0.5) is 0 Å². The number of morpholine rings is 1. The largest absolute Gasteiger partial charge is 0.381 e. The number of guanidine groups is 1. The van der Waals surface area contributed by atoms with Crippen LogP contribution in [0.5, 0.6) is 0 Å². The van der Waals surface area contributed by atoms with Crippen molar-refractivity contribution in [3.63, 3.8) is 0 Å². The predicted octanol–water partition coefficient (Wildman–Crippen LogP) is 1.42. The molecule has 0 aromatic heterocycles. The molecular weight excluding hydrogens is 304 g/mol. The molecule has 0 aliphatic carbocycles. The molecule has 2 heterocycles. The second-order valence-electron chi connectivity index (χ2n) is 6.90. The van der Waals surface area contributed by atoms with Crippen LogP contribution in [-0.2, 0) is 9.47 Å². The standard InChI is InChI=1S/C18H36N4O2/c1-19-18(21(2)10-5-17-6-13-23-14-7-17)20-8-3-4-9-22-11-15-24-16-12-22/h17H,3-16H2,1-2H3,(H,19,20). The van der Waals surface area contributed by atoms with Crippen molar-refractivity contribution in [3.8, 4) is 0 Å². The van der Waals surface area contributed by atoms with Crippen molar-refractivity contribution >= 4 is 5.96 Å². The molecule has 140 valence electrons. The molecule has 0 saturated carbocycles. The van der Waals surface area contributed by atoms with Crippen LogP contribution < -0.4 is 5.32 Å². The van der Waals surface area contributed by atoms with E-state index in [1.165, 1.54) is 38.6 Å². The van der Waals surface area contributed by atoms with Gasteiger partial charge in [-0.05, 0) is 44.6 Å². The molecule has 0 aromatic carbocycles. The van der Waals surface area contributed by atoms with Crippen LogP contribution >= 0.6 is 0 Å². The second kappa shape index (κ2) is 11.7. The first-order valence-corrected chi connectivity index (χ1v) is 9.59. The van der Waals surface area contributed by atoms with Crippen molar-refractivity contribution in [1.82, 2.24) is 15.1 Å². The molecule has 24 heavy (non-hydrogen) atoms. The smallest absolute Gasteiger partial charge is 0.193 e. The second-order valence-corrected chi connectivity index (χ2v) is 6.90. The van der Waals surface area contributed by atoms with Crippen molar-refractivity contribution in [1.29, 1.82) is 0 Å². The molecule has 0 amide bonds. The fraction of sp³-hybridized carbons (Fsp3) is 0.944. The molecule has 2 rings (SSSR count). The van der Waals surface area contributed by atoms with E-state index >= 15 is 0 Å². The number of hydrogen-bond donors (Lipinski definition) is 1. The van der Waals surface area contributed by atoms with Gasteiger partial charge in [-0.25, -0.2) is 0 Å². The molecule has 0 radical (unpaired) electrons. The molecule has 2 aliphatic rings. The van der Waals surface area contributed by atoms with Gasteiger partial charge in [0.05, 0.1) is 13.2 Å². The summed E-state index contributed by atoms with van der Waals surface area (Å²) in [5.74, 6) is 1.83. The molecule has 2 aliphatic heterocycles. The first kappa shape index (κ1) is 19.5. The van der Waals surface area contributed by atoms with Gasteiger partial charge in [0.2, 0.25) is 0 Å². The Morgan fingerprint density at radius 1 is 1.12 bits per heavy atom. The Bertz CT molecular complexity index is 353. The molecule has 2 fully saturated rings. The van der Waals surface area contributed by atoms with Gasteiger partial charge >= 0.3 is 0 Å². The average molecular weight is 341 g/mol. The monoisotopic (exact) mass is 340 g/mol. The quantitative estimate of drug-likeness (QED) is 0.411. The van der Waals surface area contributed by atoms with Crippen molar-refractivity contribution < 1.29 is 9.47 Å². The van der Waals surface area contributed by atoms with E-state index in [2.05, 4.69) is 27.2 Å². The Labute approximate surface area is 147 Å². The van der Waals surface area contributed by atoms with Gasteiger partial charge in [-0.2, -0.15) is 0 Å². The summed E-state index contributed by atoms with van der Waals surface area (Å²) in [4.78, 5) is 9.18. The SMILES string of the molecule is CN=C(NCCCCN1CCOCC1)N(C)CCC1CCOCC1. The van der Waals surface area contributed by atoms with Crippen LogP contribution in [0.15, 0.2) is 4.99 Å². The molecule has 2 saturated heterocycles. The van der Waals surface area contributed by atoms with E-state index in [4.69, 9.17) is 9.47 Å². The van der Waals surface area contributed by atoms with Crippen molar-refractivity contribution in [3.05, 3.63) is 0 Å². The number of ether oxygens (including phenoxy) is 2. The van der Waals surface area contributed by atoms with E-state index in [1.54, 1.807) is 0 Å². The molecule has 0 spiro atoms. The van der Waals surface area contributed by atoms with Crippen molar-refractivity contribution in [2.75, 3.05) is 73.2 Å². The maximum absolute atomic E-state index is 5.43. The number of unbranched alkanes of at least 4 members (excludes halogenated alkanes) is 1. The minimum atomic E-state index is 0.813. The lowest BCUT2D eigenvalue weighted by molar-refractivity contribution is 0.0372. The van der Waals surface area contributed by atoms with E-state index < -0.39 is 0 Å². The summed E-state index contributed by atoms with van der Waals surface area (Å²) in [6.45, 7) is 9.08. The predicted molar refractivity (Wildman–Crippen MR) is 98.6 cm³/mol. The van der Waals surface area contributed by atoms with Gasteiger partial charge in [0.25, 0.3) is 0 Å². The Kier molecular flexibility index (Phi) is 9.46. The first-order chi connectivity index (χ1) is 11.8. The highest BCUT2D eigenvalue weighted by atomic mass is 16.5. The van der Waals surface area contributed by atoms with E-state index in [9.17, 15) is 0 Å². The number of hydrogen-bond acceptors (Lipinski definition) is 4. The molecular formula is C18H36N4O2. The zero-order valence-electron chi connectivity index (χ0n) is 15.6. The van der Waals surface area contributed by atoms with Gasteiger partial charge in [-0.1, -0.05) is 0 Å². The van der Waals surface area contributed by atoms with Gasteiger partial charge < -0.3 is 19.7 Å². The summed E-state index contributed by atoms with van der Waals surface area (Å²) in [6.07, 6.45) is 6.07. The van der Waals surface area contributed by atoms with Crippen LogP contribution in [-0.4, -0.2) is 89.0 Å². The normalized spacial score (nSPS) is 21.0. The average Bonchev–Trinajstić information content (AvgIpc) is 2.64. The lowest BCUT2D eigenvalue weighted by Crippen LogP contribution is -2.41. The fourth-order valence-corrected chi connectivity index (χ4v) is 3.39. The lowest BCUT2D eigenvalue weighted by atomic mass is 9.96. The topological polar surface area (TPSA) is 49.3 Å².